The molecule has 0 unspecified atom stereocenters. The highest BCUT2D eigenvalue weighted by Gasteiger charge is 2.14. The first-order valence-electron chi connectivity index (χ1n) is 6.97. The quantitative estimate of drug-likeness (QED) is 0.901. The van der Waals surface area contributed by atoms with Gasteiger partial charge < -0.3 is 5.32 Å². The number of hydrogen-bond acceptors (Lipinski definition) is 3. The number of hydrogen-bond donors (Lipinski definition) is 1. The smallest absolute Gasteiger partial charge is 0.331 e. The van der Waals surface area contributed by atoms with Crippen molar-refractivity contribution in [3.05, 3.63) is 45.1 Å². The Morgan fingerprint density at radius 1 is 1.19 bits per heavy atom. The molecule has 0 saturated heterocycles. The van der Waals surface area contributed by atoms with Gasteiger partial charge in [0.25, 0.3) is 5.56 Å². The lowest BCUT2D eigenvalue weighted by Gasteiger charge is -2.14. The summed E-state index contributed by atoms with van der Waals surface area (Å²) in [6, 6.07) is 6.83. The predicted octanol–water partition coefficient (Wildman–Crippen LogP) is 0.708. The molecule has 0 aliphatic heterocycles. The highest BCUT2D eigenvalue weighted by atomic mass is 16.2. The van der Waals surface area contributed by atoms with Gasteiger partial charge in [0.2, 0.25) is 5.91 Å². The zero-order valence-corrected chi connectivity index (χ0v) is 12.4. The van der Waals surface area contributed by atoms with Crippen LogP contribution in [-0.2, 0) is 17.9 Å². The van der Waals surface area contributed by atoms with E-state index in [2.05, 4.69) is 5.32 Å². The Morgan fingerprint density at radius 3 is 2.48 bits per heavy atom. The highest BCUT2D eigenvalue weighted by Crippen LogP contribution is 2.07. The van der Waals surface area contributed by atoms with Crippen molar-refractivity contribution < 1.29 is 4.79 Å². The van der Waals surface area contributed by atoms with E-state index in [1.807, 2.05) is 13.8 Å². The van der Waals surface area contributed by atoms with Gasteiger partial charge in [-0.2, -0.15) is 0 Å². The number of carbonyl (C=O) groups excluding carboxylic acids is 1. The van der Waals surface area contributed by atoms with E-state index in [-0.39, 0.29) is 30.6 Å². The molecule has 0 radical (unpaired) electrons. The van der Waals surface area contributed by atoms with Crippen molar-refractivity contribution in [3.63, 3.8) is 0 Å². The van der Waals surface area contributed by atoms with Crippen LogP contribution in [-0.4, -0.2) is 21.1 Å². The number of para-hydroxylation sites is 1. The van der Waals surface area contributed by atoms with Gasteiger partial charge in [0.1, 0.15) is 6.54 Å². The Labute approximate surface area is 122 Å². The van der Waals surface area contributed by atoms with Crippen molar-refractivity contribution in [3.8, 4) is 0 Å². The molecule has 2 rings (SSSR count). The van der Waals surface area contributed by atoms with E-state index in [4.69, 9.17) is 0 Å². The maximum absolute atomic E-state index is 12.4. The monoisotopic (exact) mass is 289 g/mol. The first-order chi connectivity index (χ1) is 9.95. The van der Waals surface area contributed by atoms with Crippen LogP contribution >= 0.6 is 0 Å². The summed E-state index contributed by atoms with van der Waals surface area (Å²) in [5, 5.41) is 3.19. The van der Waals surface area contributed by atoms with Gasteiger partial charge in [-0.3, -0.25) is 18.7 Å². The van der Waals surface area contributed by atoms with E-state index in [1.54, 1.807) is 31.2 Å². The first kappa shape index (κ1) is 15.0. The van der Waals surface area contributed by atoms with Gasteiger partial charge in [-0.15, -0.1) is 0 Å². The van der Waals surface area contributed by atoms with Gasteiger partial charge in [-0.05, 0) is 32.9 Å². The summed E-state index contributed by atoms with van der Waals surface area (Å²) in [7, 11) is 0. The number of nitrogens with one attached hydrogen (secondary N) is 1. The fourth-order valence-electron chi connectivity index (χ4n) is 2.31. The second-order valence-corrected chi connectivity index (χ2v) is 5.16. The molecule has 2 aromatic rings. The molecule has 0 spiro atoms. The fourth-order valence-corrected chi connectivity index (χ4v) is 2.31. The molecule has 0 atom stereocenters. The third-order valence-corrected chi connectivity index (χ3v) is 3.20. The molecule has 6 heteroatoms. The van der Waals surface area contributed by atoms with Crippen molar-refractivity contribution in [2.75, 3.05) is 0 Å². The maximum atomic E-state index is 12.4. The predicted molar refractivity (Wildman–Crippen MR) is 81.4 cm³/mol. The molecule has 21 heavy (non-hydrogen) atoms. The zero-order valence-electron chi connectivity index (χ0n) is 12.4. The Morgan fingerprint density at radius 2 is 1.86 bits per heavy atom. The lowest BCUT2D eigenvalue weighted by molar-refractivity contribution is -0.122. The summed E-state index contributed by atoms with van der Waals surface area (Å²) in [6.45, 7) is 5.61. The van der Waals surface area contributed by atoms with Crippen LogP contribution in [0.1, 0.15) is 20.8 Å². The van der Waals surface area contributed by atoms with Crippen LogP contribution in [0, 0.1) is 0 Å². The summed E-state index contributed by atoms with van der Waals surface area (Å²) in [5.41, 5.74) is -0.296. The van der Waals surface area contributed by atoms with E-state index in [0.29, 0.717) is 10.9 Å². The van der Waals surface area contributed by atoms with Gasteiger partial charge >= 0.3 is 5.69 Å². The van der Waals surface area contributed by atoms with Gasteiger partial charge in [0, 0.05) is 12.6 Å². The van der Waals surface area contributed by atoms with E-state index >= 15 is 0 Å². The lowest BCUT2D eigenvalue weighted by atomic mass is 10.2. The second kappa shape index (κ2) is 5.95. The van der Waals surface area contributed by atoms with E-state index in [1.165, 1.54) is 4.57 Å². The van der Waals surface area contributed by atoms with E-state index in [0.717, 1.165) is 4.57 Å². The highest BCUT2D eigenvalue weighted by molar-refractivity contribution is 5.81. The molecule has 0 saturated carbocycles. The van der Waals surface area contributed by atoms with E-state index < -0.39 is 5.69 Å². The largest absolute Gasteiger partial charge is 0.352 e. The molecule has 1 amide bonds. The summed E-state index contributed by atoms with van der Waals surface area (Å²) in [4.78, 5) is 36.6. The standard InChI is InChI=1S/C15H19N3O3/c1-4-17-14(20)11-7-5-6-8-12(11)18(15(17)21)9-13(19)16-10(2)3/h5-8,10H,4,9H2,1-3H3,(H,16,19). The SMILES string of the molecule is CCn1c(=O)c2ccccc2n(CC(=O)NC(C)C)c1=O. The third kappa shape index (κ3) is 2.89. The van der Waals surface area contributed by atoms with Crippen LogP contribution in [0.3, 0.4) is 0 Å². The van der Waals surface area contributed by atoms with Crippen molar-refractivity contribution in [2.45, 2.75) is 39.9 Å². The Balaban J connectivity index is 2.65. The molecule has 0 fully saturated rings. The number of carbonyl (C=O) groups is 1. The Hall–Kier alpha value is -2.37. The van der Waals surface area contributed by atoms with Crippen molar-refractivity contribution >= 4 is 16.8 Å². The summed E-state index contributed by atoms with van der Waals surface area (Å²) in [6.07, 6.45) is 0. The fraction of sp³-hybridized carbons (Fsp3) is 0.400. The number of nitrogens with zero attached hydrogens (tertiary/aromatic N) is 2. The number of rotatable bonds is 4. The molecule has 0 aliphatic carbocycles. The third-order valence-electron chi connectivity index (χ3n) is 3.20. The van der Waals surface area contributed by atoms with Crippen LogP contribution in [0.2, 0.25) is 0 Å². The summed E-state index contributed by atoms with van der Waals surface area (Å²) < 4.78 is 2.49. The number of amides is 1. The first-order valence-corrected chi connectivity index (χ1v) is 6.97. The zero-order chi connectivity index (χ0) is 15.6. The normalized spacial score (nSPS) is 11.0. The topological polar surface area (TPSA) is 73.1 Å². The van der Waals surface area contributed by atoms with Crippen LogP contribution in [0.4, 0.5) is 0 Å². The molecule has 1 heterocycles. The van der Waals surface area contributed by atoms with Crippen LogP contribution in [0.5, 0.6) is 0 Å². The van der Waals surface area contributed by atoms with Crippen LogP contribution < -0.4 is 16.6 Å². The van der Waals surface area contributed by atoms with E-state index in [9.17, 15) is 14.4 Å². The van der Waals surface area contributed by atoms with Gasteiger partial charge in [0.15, 0.2) is 0 Å². The average molecular weight is 289 g/mol. The Bertz CT molecular complexity index is 787. The average Bonchev–Trinajstić information content (AvgIpc) is 2.43. The molecule has 1 aromatic carbocycles. The molecule has 1 aromatic heterocycles. The van der Waals surface area contributed by atoms with Gasteiger partial charge in [-0.1, -0.05) is 12.1 Å². The maximum Gasteiger partial charge on any atom is 0.331 e. The molecule has 0 bridgehead atoms. The van der Waals surface area contributed by atoms with Gasteiger partial charge in [-0.25, -0.2) is 4.79 Å². The minimum atomic E-state index is -0.458. The summed E-state index contributed by atoms with van der Waals surface area (Å²) in [5.74, 6) is -0.251. The molecule has 1 N–H and O–H groups in total. The molecular weight excluding hydrogens is 270 g/mol. The van der Waals surface area contributed by atoms with Crippen molar-refractivity contribution in [1.29, 1.82) is 0 Å². The molecule has 112 valence electrons. The van der Waals surface area contributed by atoms with Crippen molar-refractivity contribution in [2.24, 2.45) is 0 Å². The van der Waals surface area contributed by atoms with Gasteiger partial charge in [0.05, 0.1) is 10.9 Å². The molecular formula is C15H19N3O3. The minimum absolute atomic E-state index is 0.00320. The van der Waals surface area contributed by atoms with Crippen LogP contribution in [0.25, 0.3) is 10.9 Å². The lowest BCUT2D eigenvalue weighted by Crippen LogP contribution is -2.43. The number of fused-ring (bicyclic) bond motifs is 1. The minimum Gasteiger partial charge on any atom is -0.352 e. The molecule has 0 aliphatic rings. The number of aromatic nitrogens is 2. The number of benzene rings is 1. The van der Waals surface area contributed by atoms with Crippen molar-refractivity contribution in [1.82, 2.24) is 14.5 Å². The second-order valence-electron chi connectivity index (χ2n) is 5.16. The summed E-state index contributed by atoms with van der Waals surface area (Å²) >= 11 is 0. The Kier molecular flexibility index (Phi) is 4.26. The molecule has 6 nitrogen and oxygen atoms in total. The van der Waals surface area contributed by atoms with Crippen LogP contribution in [0.15, 0.2) is 33.9 Å².